The second-order valence-corrected chi connectivity index (χ2v) is 9.02. The van der Waals surface area contributed by atoms with Gasteiger partial charge in [0.2, 0.25) is 0 Å². The SMILES string of the molecule is Cc1sc(NS(=O)(=O)/C=C/c2ccccc2Cl)nc1-c1ccc(Cl)cc1. The topological polar surface area (TPSA) is 59.1 Å². The monoisotopic (exact) mass is 424 g/mol. The molecule has 1 heterocycles. The molecule has 1 aromatic heterocycles. The molecule has 0 radical (unpaired) electrons. The molecule has 8 heteroatoms. The summed E-state index contributed by atoms with van der Waals surface area (Å²) in [5.74, 6) is 0. The van der Waals surface area contributed by atoms with Crippen LogP contribution in [0, 0.1) is 6.92 Å². The van der Waals surface area contributed by atoms with Gasteiger partial charge >= 0.3 is 0 Å². The van der Waals surface area contributed by atoms with Gasteiger partial charge in [0.05, 0.1) is 11.1 Å². The van der Waals surface area contributed by atoms with Crippen LogP contribution in [0.2, 0.25) is 10.0 Å². The fourth-order valence-corrected chi connectivity index (χ4v) is 4.45. The molecule has 2 aromatic carbocycles. The number of nitrogens with zero attached hydrogens (tertiary/aromatic N) is 1. The number of anilines is 1. The van der Waals surface area contributed by atoms with Gasteiger partial charge in [0, 0.05) is 20.5 Å². The van der Waals surface area contributed by atoms with Crippen molar-refractivity contribution in [3.63, 3.8) is 0 Å². The van der Waals surface area contributed by atoms with E-state index in [1.165, 1.54) is 17.4 Å². The van der Waals surface area contributed by atoms with Crippen molar-refractivity contribution >= 4 is 55.8 Å². The van der Waals surface area contributed by atoms with Crippen molar-refractivity contribution in [2.75, 3.05) is 4.72 Å². The van der Waals surface area contributed by atoms with Crippen LogP contribution in [0.15, 0.2) is 53.9 Å². The Morgan fingerprint density at radius 2 is 1.77 bits per heavy atom. The van der Waals surface area contributed by atoms with Crippen LogP contribution in [-0.2, 0) is 10.0 Å². The minimum atomic E-state index is -3.70. The Morgan fingerprint density at radius 3 is 2.46 bits per heavy atom. The van der Waals surface area contributed by atoms with E-state index >= 15 is 0 Å². The number of thiazole rings is 1. The zero-order chi connectivity index (χ0) is 18.7. The quantitative estimate of drug-likeness (QED) is 0.559. The molecule has 3 rings (SSSR count). The van der Waals surface area contributed by atoms with Crippen LogP contribution < -0.4 is 4.72 Å². The van der Waals surface area contributed by atoms with Gasteiger partial charge in [-0.3, -0.25) is 4.72 Å². The molecular formula is C18H14Cl2N2O2S2. The van der Waals surface area contributed by atoms with E-state index in [1.807, 2.05) is 19.1 Å². The van der Waals surface area contributed by atoms with Crippen molar-refractivity contribution in [1.29, 1.82) is 0 Å². The molecule has 0 spiro atoms. The Bertz CT molecular complexity index is 1060. The van der Waals surface area contributed by atoms with Crippen LogP contribution in [0.5, 0.6) is 0 Å². The maximum absolute atomic E-state index is 12.3. The highest BCUT2D eigenvalue weighted by Gasteiger charge is 2.14. The van der Waals surface area contributed by atoms with E-state index in [0.29, 0.717) is 20.7 Å². The van der Waals surface area contributed by atoms with E-state index in [9.17, 15) is 8.42 Å². The van der Waals surface area contributed by atoms with Gasteiger partial charge in [-0.15, -0.1) is 11.3 Å². The number of nitrogens with one attached hydrogen (secondary N) is 1. The van der Waals surface area contributed by atoms with Gasteiger partial charge in [-0.1, -0.05) is 53.5 Å². The summed E-state index contributed by atoms with van der Waals surface area (Å²) in [5, 5.41) is 2.49. The maximum Gasteiger partial charge on any atom is 0.256 e. The van der Waals surface area contributed by atoms with E-state index in [-0.39, 0.29) is 0 Å². The molecule has 0 saturated heterocycles. The van der Waals surface area contributed by atoms with E-state index in [2.05, 4.69) is 9.71 Å². The van der Waals surface area contributed by atoms with Gasteiger partial charge in [0.1, 0.15) is 0 Å². The number of aryl methyl sites for hydroxylation is 1. The van der Waals surface area contributed by atoms with Crippen LogP contribution in [0.25, 0.3) is 17.3 Å². The smallest absolute Gasteiger partial charge is 0.255 e. The predicted octanol–water partition coefficient (Wildman–Crippen LogP) is 5.84. The van der Waals surface area contributed by atoms with Crippen molar-refractivity contribution in [1.82, 2.24) is 4.98 Å². The number of hydrogen-bond donors (Lipinski definition) is 1. The summed E-state index contributed by atoms with van der Waals surface area (Å²) in [5.41, 5.74) is 2.22. The molecule has 0 amide bonds. The molecule has 0 fully saturated rings. The third-order valence-electron chi connectivity index (χ3n) is 3.48. The minimum Gasteiger partial charge on any atom is -0.255 e. The van der Waals surface area contributed by atoms with Gasteiger partial charge in [0.15, 0.2) is 5.13 Å². The van der Waals surface area contributed by atoms with Crippen molar-refractivity contribution in [3.05, 3.63) is 74.4 Å². The third-order valence-corrected chi connectivity index (χ3v) is 6.06. The fraction of sp³-hybridized carbons (Fsp3) is 0.0556. The predicted molar refractivity (Wildman–Crippen MR) is 110 cm³/mol. The number of hydrogen-bond acceptors (Lipinski definition) is 4. The minimum absolute atomic E-state index is 0.302. The number of sulfonamides is 1. The second-order valence-electron chi connectivity index (χ2n) is 5.40. The second kappa shape index (κ2) is 7.80. The first kappa shape index (κ1) is 18.9. The van der Waals surface area contributed by atoms with Crippen molar-refractivity contribution < 1.29 is 8.42 Å². The van der Waals surface area contributed by atoms with E-state index in [0.717, 1.165) is 21.5 Å². The number of benzene rings is 2. The highest BCUT2D eigenvalue weighted by Crippen LogP contribution is 2.31. The summed E-state index contributed by atoms with van der Waals surface area (Å²) in [4.78, 5) is 5.30. The average molecular weight is 425 g/mol. The molecule has 0 aliphatic heterocycles. The third kappa shape index (κ3) is 4.65. The lowest BCUT2D eigenvalue weighted by molar-refractivity contribution is 0.609. The number of aromatic nitrogens is 1. The largest absolute Gasteiger partial charge is 0.256 e. The van der Waals surface area contributed by atoms with Crippen LogP contribution in [0.1, 0.15) is 10.4 Å². The molecular weight excluding hydrogens is 411 g/mol. The van der Waals surface area contributed by atoms with Crippen LogP contribution in [0.3, 0.4) is 0 Å². The average Bonchev–Trinajstić information content (AvgIpc) is 2.94. The first-order valence-electron chi connectivity index (χ1n) is 7.53. The van der Waals surface area contributed by atoms with Crippen molar-refractivity contribution in [3.8, 4) is 11.3 Å². The molecule has 0 atom stereocenters. The number of halogens is 2. The van der Waals surface area contributed by atoms with Gasteiger partial charge in [0.25, 0.3) is 10.0 Å². The van der Waals surface area contributed by atoms with Gasteiger partial charge in [-0.05, 0) is 36.8 Å². The summed E-state index contributed by atoms with van der Waals surface area (Å²) < 4.78 is 27.1. The van der Waals surface area contributed by atoms with Gasteiger partial charge in [-0.25, -0.2) is 13.4 Å². The van der Waals surface area contributed by atoms with Crippen LogP contribution in [0.4, 0.5) is 5.13 Å². The molecule has 0 aliphatic carbocycles. The molecule has 134 valence electrons. The Balaban J connectivity index is 1.81. The Hall–Kier alpha value is -1.86. The Morgan fingerprint density at radius 1 is 1.08 bits per heavy atom. The summed E-state index contributed by atoms with van der Waals surface area (Å²) >= 11 is 13.2. The molecule has 0 unspecified atom stereocenters. The first-order valence-corrected chi connectivity index (χ1v) is 10.6. The molecule has 3 aromatic rings. The molecule has 0 aliphatic rings. The molecule has 4 nitrogen and oxygen atoms in total. The fourth-order valence-electron chi connectivity index (χ4n) is 2.24. The molecule has 26 heavy (non-hydrogen) atoms. The maximum atomic E-state index is 12.3. The summed E-state index contributed by atoms with van der Waals surface area (Å²) in [6, 6.07) is 14.2. The molecule has 0 saturated carbocycles. The normalized spacial score (nSPS) is 11.8. The van der Waals surface area contributed by atoms with E-state index in [4.69, 9.17) is 23.2 Å². The summed E-state index contributed by atoms with van der Waals surface area (Å²) in [7, 11) is -3.70. The summed E-state index contributed by atoms with van der Waals surface area (Å²) in [6.07, 6.45) is 1.45. The van der Waals surface area contributed by atoms with Crippen molar-refractivity contribution in [2.45, 2.75) is 6.92 Å². The Labute approximate surface area is 166 Å². The lowest BCUT2D eigenvalue weighted by atomic mass is 10.1. The van der Waals surface area contributed by atoms with E-state index < -0.39 is 10.0 Å². The van der Waals surface area contributed by atoms with Gasteiger partial charge < -0.3 is 0 Å². The highest BCUT2D eigenvalue weighted by atomic mass is 35.5. The molecule has 1 N–H and O–H groups in total. The first-order chi connectivity index (χ1) is 12.3. The lowest BCUT2D eigenvalue weighted by Gasteiger charge is -2.01. The highest BCUT2D eigenvalue weighted by molar-refractivity contribution is 7.95. The summed E-state index contributed by atoms with van der Waals surface area (Å²) in [6.45, 7) is 1.89. The standard InChI is InChI=1S/C18H14Cl2N2O2S2/c1-12-17(14-6-8-15(19)9-7-14)21-18(25-12)22-26(23,24)11-10-13-4-2-3-5-16(13)20/h2-11H,1H3,(H,21,22)/b11-10+. The zero-order valence-corrected chi connectivity index (χ0v) is 16.8. The lowest BCUT2D eigenvalue weighted by Crippen LogP contribution is -2.08. The number of rotatable bonds is 5. The van der Waals surface area contributed by atoms with Crippen LogP contribution in [-0.4, -0.2) is 13.4 Å². The van der Waals surface area contributed by atoms with Crippen molar-refractivity contribution in [2.24, 2.45) is 0 Å². The zero-order valence-electron chi connectivity index (χ0n) is 13.6. The van der Waals surface area contributed by atoms with Gasteiger partial charge in [-0.2, -0.15) is 0 Å². The van der Waals surface area contributed by atoms with E-state index in [1.54, 1.807) is 36.4 Å². The molecule has 0 bridgehead atoms. The van der Waals surface area contributed by atoms with Crippen LogP contribution >= 0.6 is 34.5 Å². The Kier molecular flexibility index (Phi) is 5.67.